The van der Waals surface area contributed by atoms with Gasteiger partial charge in [-0.15, -0.1) is 0 Å². The molecule has 0 aliphatic carbocycles. The third kappa shape index (κ3) is 4.03. The molecule has 20 heavy (non-hydrogen) atoms. The Balaban J connectivity index is 2.83. The zero-order valence-corrected chi connectivity index (χ0v) is 12.2. The van der Waals surface area contributed by atoms with Crippen molar-refractivity contribution in [2.45, 2.75) is 6.92 Å². The van der Waals surface area contributed by atoms with E-state index in [1.807, 2.05) is 0 Å². The Morgan fingerprint density at radius 2 is 1.95 bits per heavy atom. The first kappa shape index (κ1) is 16.1. The minimum Gasteiger partial charge on any atom is -0.493 e. The van der Waals surface area contributed by atoms with Gasteiger partial charge in [0, 0.05) is 5.56 Å². The van der Waals surface area contributed by atoms with Crippen molar-refractivity contribution in [1.29, 1.82) is 0 Å². The van der Waals surface area contributed by atoms with E-state index in [1.165, 1.54) is 26.4 Å². The lowest BCUT2D eigenvalue weighted by molar-refractivity contribution is -0.141. The molecule has 0 spiro atoms. The average Bonchev–Trinajstić information content (AvgIpc) is 2.44. The number of methoxy groups -OCH3 is 2. The topological polar surface area (TPSA) is 73.9 Å². The molecular formula is C13H16ClNO5. The van der Waals surface area contributed by atoms with Gasteiger partial charge in [0.2, 0.25) is 0 Å². The van der Waals surface area contributed by atoms with Crippen LogP contribution in [-0.2, 0) is 9.53 Å². The third-order valence-corrected chi connectivity index (χ3v) is 2.68. The van der Waals surface area contributed by atoms with Crippen LogP contribution >= 0.6 is 11.6 Å². The number of ether oxygens (including phenoxy) is 3. The fourth-order valence-electron chi connectivity index (χ4n) is 1.52. The number of amides is 1. The van der Waals surface area contributed by atoms with Crippen LogP contribution in [0.1, 0.15) is 17.3 Å². The molecule has 0 saturated heterocycles. The molecular weight excluding hydrogens is 286 g/mol. The van der Waals surface area contributed by atoms with Gasteiger partial charge in [-0.1, -0.05) is 11.6 Å². The second-order valence-electron chi connectivity index (χ2n) is 3.68. The van der Waals surface area contributed by atoms with Crippen LogP contribution < -0.4 is 14.8 Å². The summed E-state index contributed by atoms with van der Waals surface area (Å²) in [6.45, 7) is 1.74. The summed E-state index contributed by atoms with van der Waals surface area (Å²) in [6, 6.07) is 2.91. The van der Waals surface area contributed by atoms with E-state index in [2.05, 4.69) is 5.32 Å². The summed E-state index contributed by atoms with van der Waals surface area (Å²) in [4.78, 5) is 23.1. The van der Waals surface area contributed by atoms with Crippen LogP contribution in [0.4, 0.5) is 0 Å². The molecule has 0 aliphatic rings. The summed E-state index contributed by atoms with van der Waals surface area (Å²) in [6.07, 6.45) is 0. The maximum absolute atomic E-state index is 11.9. The first-order valence-corrected chi connectivity index (χ1v) is 6.26. The molecule has 7 heteroatoms. The van der Waals surface area contributed by atoms with Crippen molar-refractivity contribution in [2.75, 3.05) is 27.4 Å². The molecule has 0 aromatic heterocycles. The standard InChI is InChI=1S/C13H16ClNO5/c1-4-20-11(16)7-15-13(17)8-5-9(14)12(19-3)10(6-8)18-2/h5-6H,4,7H2,1-3H3,(H,15,17). The van der Waals surface area contributed by atoms with Crippen LogP contribution in [0.15, 0.2) is 12.1 Å². The molecule has 0 saturated carbocycles. The van der Waals surface area contributed by atoms with Gasteiger partial charge in [-0.2, -0.15) is 0 Å². The van der Waals surface area contributed by atoms with Crippen LogP contribution in [0.25, 0.3) is 0 Å². The van der Waals surface area contributed by atoms with E-state index in [9.17, 15) is 9.59 Å². The maximum Gasteiger partial charge on any atom is 0.325 e. The molecule has 0 unspecified atom stereocenters. The number of esters is 1. The highest BCUT2D eigenvalue weighted by Gasteiger charge is 2.15. The smallest absolute Gasteiger partial charge is 0.325 e. The fraction of sp³-hybridized carbons (Fsp3) is 0.385. The number of hydrogen-bond acceptors (Lipinski definition) is 5. The van der Waals surface area contributed by atoms with E-state index in [4.69, 9.17) is 25.8 Å². The predicted molar refractivity (Wildman–Crippen MR) is 73.5 cm³/mol. The van der Waals surface area contributed by atoms with Crippen molar-refractivity contribution in [3.05, 3.63) is 22.7 Å². The minimum absolute atomic E-state index is 0.210. The number of halogens is 1. The monoisotopic (exact) mass is 301 g/mol. The van der Waals surface area contributed by atoms with Crippen LogP contribution in [0.3, 0.4) is 0 Å². The first-order chi connectivity index (χ1) is 9.53. The van der Waals surface area contributed by atoms with Gasteiger partial charge in [0.1, 0.15) is 6.54 Å². The summed E-state index contributed by atoms with van der Waals surface area (Å²) >= 11 is 5.99. The summed E-state index contributed by atoms with van der Waals surface area (Å²) in [5, 5.41) is 2.67. The van der Waals surface area contributed by atoms with Crippen LogP contribution in [0, 0.1) is 0 Å². The van der Waals surface area contributed by atoms with Gasteiger partial charge in [-0.3, -0.25) is 9.59 Å². The summed E-state index contributed by atoms with van der Waals surface area (Å²) in [5.74, 6) is -0.286. The van der Waals surface area contributed by atoms with Crippen molar-refractivity contribution in [3.63, 3.8) is 0 Å². The van der Waals surface area contributed by atoms with Gasteiger partial charge in [0.15, 0.2) is 11.5 Å². The summed E-state index contributed by atoms with van der Waals surface area (Å²) < 4.78 is 14.9. The van der Waals surface area contributed by atoms with Gasteiger partial charge in [-0.25, -0.2) is 0 Å². The summed E-state index contributed by atoms with van der Waals surface area (Å²) in [7, 11) is 2.89. The Kier molecular flexibility index (Phi) is 6.11. The van der Waals surface area contributed by atoms with E-state index < -0.39 is 11.9 Å². The number of carbonyl (C=O) groups is 2. The number of benzene rings is 1. The SMILES string of the molecule is CCOC(=O)CNC(=O)c1cc(Cl)c(OC)c(OC)c1. The summed E-state index contributed by atoms with van der Waals surface area (Å²) in [5.41, 5.74) is 0.261. The van der Waals surface area contributed by atoms with Crippen LogP contribution in [-0.4, -0.2) is 39.2 Å². The van der Waals surface area contributed by atoms with Crippen molar-refractivity contribution >= 4 is 23.5 Å². The van der Waals surface area contributed by atoms with Crippen LogP contribution in [0.2, 0.25) is 5.02 Å². The quantitative estimate of drug-likeness (QED) is 0.809. The fourth-order valence-corrected chi connectivity index (χ4v) is 1.80. The van der Waals surface area contributed by atoms with E-state index in [0.717, 1.165) is 0 Å². The van der Waals surface area contributed by atoms with E-state index in [0.29, 0.717) is 11.5 Å². The molecule has 1 amide bonds. The molecule has 1 rings (SSSR count). The van der Waals surface area contributed by atoms with Crippen molar-refractivity contribution < 1.29 is 23.8 Å². The molecule has 1 N–H and O–H groups in total. The van der Waals surface area contributed by atoms with Crippen LogP contribution in [0.5, 0.6) is 11.5 Å². The second kappa shape index (κ2) is 7.59. The molecule has 0 aliphatic heterocycles. The molecule has 0 radical (unpaired) electrons. The lowest BCUT2D eigenvalue weighted by atomic mass is 10.2. The highest BCUT2D eigenvalue weighted by molar-refractivity contribution is 6.32. The Bertz CT molecular complexity index is 504. The van der Waals surface area contributed by atoms with Gasteiger partial charge in [0.25, 0.3) is 5.91 Å². The zero-order valence-electron chi connectivity index (χ0n) is 11.5. The van der Waals surface area contributed by atoms with Crippen molar-refractivity contribution in [2.24, 2.45) is 0 Å². The predicted octanol–water partition coefficient (Wildman–Crippen LogP) is 1.65. The highest BCUT2D eigenvalue weighted by Crippen LogP contribution is 2.35. The van der Waals surface area contributed by atoms with Gasteiger partial charge >= 0.3 is 5.97 Å². The number of carbonyl (C=O) groups excluding carboxylic acids is 2. The zero-order chi connectivity index (χ0) is 15.1. The number of hydrogen-bond donors (Lipinski definition) is 1. The van der Waals surface area contributed by atoms with Gasteiger partial charge < -0.3 is 19.5 Å². The molecule has 0 atom stereocenters. The maximum atomic E-state index is 11.9. The lowest BCUT2D eigenvalue weighted by Crippen LogP contribution is -2.30. The van der Waals surface area contributed by atoms with Crippen molar-refractivity contribution in [3.8, 4) is 11.5 Å². The molecule has 1 aromatic rings. The van der Waals surface area contributed by atoms with Crippen molar-refractivity contribution in [1.82, 2.24) is 5.32 Å². The second-order valence-corrected chi connectivity index (χ2v) is 4.09. The Hall–Kier alpha value is -1.95. The van der Waals surface area contributed by atoms with Gasteiger partial charge in [-0.05, 0) is 19.1 Å². The third-order valence-electron chi connectivity index (χ3n) is 2.39. The van der Waals surface area contributed by atoms with Gasteiger partial charge in [0.05, 0.1) is 25.8 Å². The first-order valence-electron chi connectivity index (χ1n) is 5.88. The lowest BCUT2D eigenvalue weighted by Gasteiger charge is -2.11. The van der Waals surface area contributed by atoms with E-state index >= 15 is 0 Å². The highest BCUT2D eigenvalue weighted by atomic mass is 35.5. The molecule has 0 fully saturated rings. The Morgan fingerprint density at radius 3 is 2.50 bits per heavy atom. The average molecular weight is 302 g/mol. The molecule has 1 aromatic carbocycles. The molecule has 110 valence electrons. The van der Waals surface area contributed by atoms with E-state index in [-0.39, 0.29) is 23.7 Å². The Morgan fingerprint density at radius 1 is 1.25 bits per heavy atom. The number of rotatable bonds is 6. The normalized spacial score (nSPS) is 9.80. The number of nitrogens with one attached hydrogen (secondary N) is 1. The largest absolute Gasteiger partial charge is 0.493 e. The molecule has 0 heterocycles. The van der Waals surface area contributed by atoms with E-state index in [1.54, 1.807) is 6.92 Å². The Labute approximate surface area is 122 Å². The minimum atomic E-state index is -0.507. The molecule has 0 bridgehead atoms. The molecule has 6 nitrogen and oxygen atoms in total.